The SMILES string of the molecule is N#Cc1ccc(NCCc2ccc(F)cc2)c(F)c1. The van der Waals surface area contributed by atoms with E-state index >= 15 is 0 Å². The highest BCUT2D eigenvalue weighted by molar-refractivity contribution is 5.48. The molecule has 2 aromatic carbocycles. The van der Waals surface area contributed by atoms with Crippen LogP contribution in [0.4, 0.5) is 14.5 Å². The Balaban J connectivity index is 1.92. The van der Waals surface area contributed by atoms with Crippen molar-refractivity contribution in [3.05, 3.63) is 65.2 Å². The van der Waals surface area contributed by atoms with E-state index in [0.29, 0.717) is 24.2 Å². The van der Waals surface area contributed by atoms with Crippen molar-refractivity contribution in [3.63, 3.8) is 0 Å². The van der Waals surface area contributed by atoms with Crippen molar-refractivity contribution in [1.82, 2.24) is 0 Å². The summed E-state index contributed by atoms with van der Waals surface area (Å²) in [4.78, 5) is 0. The van der Waals surface area contributed by atoms with Gasteiger partial charge in [-0.1, -0.05) is 12.1 Å². The maximum Gasteiger partial charge on any atom is 0.147 e. The number of nitrogens with zero attached hydrogens (tertiary/aromatic N) is 1. The molecule has 0 aliphatic heterocycles. The molecule has 0 radical (unpaired) electrons. The number of anilines is 1. The largest absolute Gasteiger partial charge is 0.382 e. The lowest BCUT2D eigenvalue weighted by atomic mass is 10.1. The Kier molecular flexibility index (Phi) is 4.09. The molecular weight excluding hydrogens is 246 g/mol. The van der Waals surface area contributed by atoms with Crippen molar-refractivity contribution in [1.29, 1.82) is 5.26 Å². The zero-order chi connectivity index (χ0) is 13.7. The van der Waals surface area contributed by atoms with Crippen LogP contribution in [0, 0.1) is 23.0 Å². The summed E-state index contributed by atoms with van der Waals surface area (Å²) in [6.07, 6.45) is 0.666. The van der Waals surface area contributed by atoms with Crippen LogP contribution in [-0.2, 0) is 6.42 Å². The lowest BCUT2D eigenvalue weighted by Crippen LogP contribution is -2.06. The lowest BCUT2D eigenvalue weighted by molar-refractivity contribution is 0.627. The number of benzene rings is 2. The summed E-state index contributed by atoms with van der Waals surface area (Å²) in [5, 5.41) is 11.6. The number of hydrogen-bond donors (Lipinski definition) is 1. The maximum absolute atomic E-state index is 13.6. The standard InChI is InChI=1S/C15H12F2N2/c16-13-4-1-11(2-5-13)7-8-19-15-6-3-12(10-18)9-14(15)17/h1-6,9,19H,7-8H2. The van der Waals surface area contributed by atoms with Crippen LogP contribution in [0.15, 0.2) is 42.5 Å². The van der Waals surface area contributed by atoms with Gasteiger partial charge in [-0.05, 0) is 42.3 Å². The van der Waals surface area contributed by atoms with E-state index in [4.69, 9.17) is 5.26 Å². The first-order valence-corrected chi connectivity index (χ1v) is 5.87. The highest BCUT2D eigenvalue weighted by atomic mass is 19.1. The fourth-order valence-electron chi connectivity index (χ4n) is 1.72. The molecule has 0 atom stereocenters. The van der Waals surface area contributed by atoms with E-state index < -0.39 is 5.82 Å². The minimum absolute atomic E-state index is 0.269. The smallest absolute Gasteiger partial charge is 0.147 e. The van der Waals surface area contributed by atoms with E-state index in [1.54, 1.807) is 24.3 Å². The quantitative estimate of drug-likeness (QED) is 0.911. The molecular formula is C15H12F2N2. The first-order valence-electron chi connectivity index (χ1n) is 5.87. The van der Waals surface area contributed by atoms with Gasteiger partial charge in [0.1, 0.15) is 11.6 Å². The highest BCUT2D eigenvalue weighted by Crippen LogP contribution is 2.15. The lowest BCUT2D eigenvalue weighted by Gasteiger charge is -2.07. The van der Waals surface area contributed by atoms with E-state index in [2.05, 4.69) is 5.32 Å². The van der Waals surface area contributed by atoms with Crippen LogP contribution in [0.1, 0.15) is 11.1 Å². The van der Waals surface area contributed by atoms with Gasteiger partial charge >= 0.3 is 0 Å². The van der Waals surface area contributed by atoms with Crippen molar-refractivity contribution >= 4 is 5.69 Å². The molecule has 2 rings (SSSR count). The Labute approximate surface area is 110 Å². The third-order valence-corrected chi connectivity index (χ3v) is 2.74. The van der Waals surface area contributed by atoms with Gasteiger partial charge in [-0.15, -0.1) is 0 Å². The Hall–Kier alpha value is -2.41. The molecule has 0 aromatic heterocycles. The van der Waals surface area contributed by atoms with Crippen molar-refractivity contribution < 1.29 is 8.78 Å². The van der Waals surface area contributed by atoms with Gasteiger partial charge in [-0.3, -0.25) is 0 Å². The summed E-state index contributed by atoms with van der Waals surface area (Å²) in [7, 11) is 0. The molecule has 0 amide bonds. The Bertz CT molecular complexity index is 601. The van der Waals surface area contributed by atoms with Crippen molar-refractivity contribution in [3.8, 4) is 6.07 Å². The molecule has 0 aliphatic carbocycles. The fraction of sp³-hybridized carbons (Fsp3) is 0.133. The fourth-order valence-corrected chi connectivity index (χ4v) is 1.72. The van der Waals surface area contributed by atoms with Gasteiger partial charge in [-0.2, -0.15) is 5.26 Å². The van der Waals surface area contributed by atoms with E-state index in [1.165, 1.54) is 18.2 Å². The summed E-state index contributed by atoms with van der Waals surface area (Å²) in [5.74, 6) is -0.715. The second kappa shape index (κ2) is 5.96. The van der Waals surface area contributed by atoms with Crippen LogP contribution in [0.2, 0.25) is 0 Å². The number of nitriles is 1. The first kappa shape index (κ1) is 13.0. The molecule has 0 unspecified atom stereocenters. The molecule has 0 bridgehead atoms. The van der Waals surface area contributed by atoms with Gasteiger partial charge in [0.05, 0.1) is 17.3 Å². The molecule has 0 fully saturated rings. The molecule has 2 nitrogen and oxygen atoms in total. The number of halogens is 2. The Morgan fingerprint density at radius 1 is 1.05 bits per heavy atom. The average molecular weight is 258 g/mol. The minimum Gasteiger partial charge on any atom is -0.382 e. The highest BCUT2D eigenvalue weighted by Gasteiger charge is 2.02. The number of rotatable bonds is 4. The van der Waals surface area contributed by atoms with Crippen LogP contribution in [-0.4, -0.2) is 6.54 Å². The number of hydrogen-bond acceptors (Lipinski definition) is 2. The molecule has 0 spiro atoms. The summed E-state index contributed by atoms with van der Waals surface area (Å²) < 4.78 is 26.3. The molecule has 1 N–H and O–H groups in total. The molecule has 96 valence electrons. The summed E-state index contributed by atoms with van der Waals surface area (Å²) in [6.45, 7) is 0.536. The monoisotopic (exact) mass is 258 g/mol. The van der Waals surface area contributed by atoms with Crippen LogP contribution in [0.3, 0.4) is 0 Å². The van der Waals surface area contributed by atoms with Crippen LogP contribution < -0.4 is 5.32 Å². The summed E-state index contributed by atoms with van der Waals surface area (Å²) in [5.41, 5.74) is 1.63. The van der Waals surface area contributed by atoms with E-state index in [9.17, 15) is 8.78 Å². The average Bonchev–Trinajstić information content (AvgIpc) is 2.42. The van der Waals surface area contributed by atoms with Gasteiger partial charge in [0.2, 0.25) is 0 Å². The normalized spacial score (nSPS) is 9.95. The van der Waals surface area contributed by atoms with Crippen molar-refractivity contribution in [2.45, 2.75) is 6.42 Å². The second-order valence-electron chi connectivity index (χ2n) is 4.11. The van der Waals surface area contributed by atoms with E-state index in [1.807, 2.05) is 6.07 Å². The zero-order valence-electron chi connectivity index (χ0n) is 10.2. The van der Waals surface area contributed by atoms with Gasteiger partial charge in [0.25, 0.3) is 0 Å². The molecule has 0 saturated heterocycles. The Morgan fingerprint density at radius 2 is 1.79 bits per heavy atom. The van der Waals surface area contributed by atoms with E-state index in [-0.39, 0.29) is 5.82 Å². The third-order valence-electron chi connectivity index (χ3n) is 2.74. The molecule has 4 heteroatoms. The van der Waals surface area contributed by atoms with Gasteiger partial charge in [-0.25, -0.2) is 8.78 Å². The predicted molar refractivity (Wildman–Crippen MR) is 69.7 cm³/mol. The molecule has 0 aliphatic rings. The van der Waals surface area contributed by atoms with Crippen molar-refractivity contribution in [2.24, 2.45) is 0 Å². The molecule has 2 aromatic rings. The molecule has 19 heavy (non-hydrogen) atoms. The third kappa shape index (κ3) is 3.52. The molecule has 0 saturated carbocycles. The van der Waals surface area contributed by atoms with Crippen LogP contribution in [0.25, 0.3) is 0 Å². The van der Waals surface area contributed by atoms with Gasteiger partial charge in [0.15, 0.2) is 0 Å². The van der Waals surface area contributed by atoms with E-state index in [0.717, 1.165) is 5.56 Å². The van der Waals surface area contributed by atoms with Gasteiger partial charge < -0.3 is 5.32 Å². The summed E-state index contributed by atoms with van der Waals surface area (Å²) >= 11 is 0. The Morgan fingerprint density at radius 3 is 2.42 bits per heavy atom. The van der Waals surface area contributed by atoms with Crippen LogP contribution >= 0.6 is 0 Å². The zero-order valence-corrected chi connectivity index (χ0v) is 10.2. The first-order chi connectivity index (χ1) is 9.19. The minimum atomic E-state index is -0.446. The maximum atomic E-state index is 13.6. The summed E-state index contributed by atoms with van der Waals surface area (Å²) in [6, 6.07) is 12.4. The molecule has 0 heterocycles. The van der Waals surface area contributed by atoms with Crippen molar-refractivity contribution in [2.75, 3.05) is 11.9 Å². The second-order valence-corrected chi connectivity index (χ2v) is 4.11. The number of nitrogens with one attached hydrogen (secondary N) is 1. The van der Waals surface area contributed by atoms with Gasteiger partial charge in [0, 0.05) is 6.54 Å². The van der Waals surface area contributed by atoms with Crippen LogP contribution in [0.5, 0.6) is 0 Å². The predicted octanol–water partition coefficient (Wildman–Crippen LogP) is 3.49. The topological polar surface area (TPSA) is 35.8 Å².